The molecule has 86 valence electrons. The molecule has 1 aromatic rings. The first kappa shape index (κ1) is 12.4. The molecule has 0 aromatic carbocycles. The molecule has 0 spiro atoms. The van der Waals surface area contributed by atoms with Crippen LogP contribution in [0.2, 0.25) is 0 Å². The number of hydrogen-bond acceptors (Lipinski definition) is 3. The molecule has 15 heavy (non-hydrogen) atoms. The minimum Gasteiger partial charge on any atom is -0.354 e. The molecule has 4 heteroatoms. The molecule has 1 rings (SSSR count). The first-order chi connectivity index (χ1) is 6.98. The Bertz CT molecular complexity index is 318. The second kappa shape index (κ2) is 4.92. The van der Waals surface area contributed by atoms with Gasteiger partial charge in [0.15, 0.2) is 0 Å². The van der Waals surface area contributed by atoms with Crippen LogP contribution in [0, 0.1) is 6.92 Å². The van der Waals surface area contributed by atoms with E-state index < -0.39 is 0 Å². The Labute approximate surface area is 96.7 Å². The van der Waals surface area contributed by atoms with Gasteiger partial charge in [0, 0.05) is 24.0 Å². The van der Waals surface area contributed by atoms with Crippen molar-refractivity contribution < 1.29 is 0 Å². The molecule has 0 saturated heterocycles. The van der Waals surface area contributed by atoms with Crippen molar-refractivity contribution in [1.82, 2.24) is 9.55 Å². The SMILES string of the molecule is CCn1cc(C)nc1NCC(C)(C)SC. The molecule has 0 aliphatic carbocycles. The first-order valence-electron chi connectivity index (χ1n) is 5.31. The van der Waals surface area contributed by atoms with Gasteiger partial charge in [-0.3, -0.25) is 0 Å². The summed E-state index contributed by atoms with van der Waals surface area (Å²) in [4.78, 5) is 4.46. The molecule has 0 unspecified atom stereocenters. The molecule has 0 radical (unpaired) electrons. The van der Waals surface area contributed by atoms with E-state index in [1.807, 2.05) is 18.7 Å². The summed E-state index contributed by atoms with van der Waals surface area (Å²) in [5.74, 6) is 0.983. The third kappa shape index (κ3) is 3.45. The summed E-state index contributed by atoms with van der Waals surface area (Å²) in [5.41, 5.74) is 1.07. The third-order valence-electron chi connectivity index (χ3n) is 2.46. The highest BCUT2D eigenvalue weighted by Crippen LogP contribution is 2.21. The first-order valence-corrected chi connectivity index (χ1v) is 6.54. The van der Waals surface area contributed by atoms with Gasteiger partial charge in [-0.05, 0) is 34.0 Å². The van der Waals surface area contributed by atoms with Crippen molar-refractivity contribution in [3.63, 3.8) is 0 Å². The Balaban J connectivity index is 2.64. The van der Waals surface area contributed by atoms with Crippen LogP contribution in [0.5, 0.6) is 0 Å². The van der Waals surface area contributed by atoms with E-state index in [-0.39, 0.29) is 4.75 Å². The zero-order valence-electron chi connectivity index (χ0n) is 10.3. The quantitative estimate of drug-likeness (QED) is 0.839. The summed E-state index contributed by atoms with van der Waals surface area (Å²) in [7, 11) is 0. The Hall–Kier alpha value is -0.640. The lowest BCUT2D eigenvalue weighted by Crippen LogP contribution is -2.27. The minimum absolute atomic E-state index is 0.248. The molecule has 0 aliphatic rings. The fourth-order valence-corrected chi connectivity index (χ4v) is 1.51. The van der Waals surface area contributed by atoms with E-state index in [9.17, 15) is 0 Å². The topological polar surface area (TPSA) is 29.9 Å². The molecule has 1 aromatic heterocycles. The molecule has 0 atom stereocenters. The highest BCUT2D eigenvalue weighted by Gasteiger charge is 2.16. The van der Waals surface area contributed by atoms with Gasteiger partial charge < -0.3 is 9.88 Å². The van der Waals surface area contributed by atoms with E-state index in [4.69, 9.17) is 0 Å². The number of rotatable bonds is 5. The van der Waals surface area contributed by atoms with Gasteiger partial charge in [0.1, 0.15) is 0 Å². The van der Waals surface area contributed by atoms with E-state index in [2.05, 4.69) is 48.1 Å². The summed E-state index contributed by atoms with van der Waals surface area (Å²) in [5, 5.41) is 3.41. The average Bonchev–Trinajstić information content (AvgIpc) is 2.56. The lowest BCUT2D eigenvalue weighted by atomic mass is 10.2. The van der Waals surface area contributed by atoms with E-state index >= 15 is 0 Å². The number of thioether (sulfide) groups is 1. The van der Waals surface area contributed by atoms with Crippen LogP contribution >= 0.6 is 11.8 Å². The molecule has 1 heterocycles. The maximum Gasteiger partial charge on any atom is 0.203 e. The van der Waals surface area contributed by atoms with Gasteiger partial charge in [-0.1, -0.05) is 0 Å². The smallest absolute Gasteiger partial charge is 0.203 e. The molecular formula is C11H21N3S. The van der Waals surface area contributed by atoms with Crippen LogP contribution in [0.15, 0.2) is 6.20 Å². The van der Waals surface area contributed by atoms with E-state index in [0.717, 1.165) is 24.7 Å². The minimum atomic E-state index is 0.248. The van der Waals surface area contributed by atoms with Gasteiger partial charge in [0.2, 0.25) is 5.95 Å². The Morgan fingerprint density at radius 3 is 2.73 bits per heavy atom. The van der Waals surface area contributed by atoms with Crippen molar-refractivity contribution in [3.05, 3.63) is 11.9 Å². The zero-order valence-corrected chi connectivity index (χ0v) is 11.1. The Morgan fingerprint density at radius 1 is 1.53 bits per heavy atom. The monoisotopic (exact) mass is 227 g/mol. The van der Waals surface area contributed by atoms with E-state index in [0.29, 0.717) is 0 Å². The van der Waals surface area contributed by atoms with Crippen molar-refractivity contribution in [2.45, 2.75) is 39.0 Å². The van der Waals surface area contributed by atoms with E-state index in [1.54, 1.807) is 0 Å². The number of hydrogen-bond donors (Lipinski definition) is 1. The number of nitrogens with zero attached hydrogens (tertiary/aromatic N) is 2. The van der Waals surface area contributed by atoms with Crippen molar-refractivity contribution >= 4 is 17.7 Å². The lowest BCUT2D eigenvalue weighted by molar-refractivity contribution is 0.719. The molecule has 0 amide bonds. The average molecular weight is 227 g/mol. The van der Waals surface area contributed by atoms with Gasteiger partial charge in [-0.15, -0.1) is 0 Å². The number of aromatic nitrogens is 2. The number of nitrogens with one attached hydrogen (secondary N) is 1. The summed E-state index contributed by atoms with van der Waals surface area (Å²) in [6, 6.07) is 0. The summed E-state index contributed by atoms with van der Waals surface area (Å²) in [6.45, 7) is 10.5. The predicted octanol–water partition coefficient (Wildman–Crippen LogP) is 2.76. The summed E-state index contributed by atoms with van der Waals surface area (Å²) < 4.78 is 2.39. The Kier molecular flexibility index (Phi) is 4.08. The van der Waals surface area contributed by atoms with Crippen LogP contribution in [0.3, 0.4) is 0 Å². The van der Waals surface area contributed by atoms with Crippen molar-refractivity contribution in [2.75, 3.05) is 18.1 Å². The largest absolute Gasteiger partial charge is 0.354 e. The summed E-state index contributed by atoms with van der Waals surface area (Å²) >= 11 is 1.87. The standard InChI is InChI=1S/C11H21N3S/c1-6-14-7-9(2)13-10(14)12-8-11(3,4)15-5/h7H,6,8H2,1-5H3,(H,12,13). The van der Waals surface area contributed by atoms with Gasteiger partial charge >= 0.3 is 0 Å². The van der Waals surface area contributed by atoms with Gasteiger partial charge in [0.25, 0.3) is 0 Å². The van der Waals surface area contributed by atoms with Crippen LogP contribution in [0.25, 0.3) is 0 Å². The van der Waals surface area contributed by atoms with Crippen LogP contribution in [-0.2, 0) is 6.54 Å². The fourth-order valence-electron chi connectivity index (χ4n) is 1.29. The second-order valence-corrected chi connectivity index (χ2v) is 5.82. The zero-order chi connectivity index (χ0) is 11.5. The van der Waals surface area contributed by atoms with Crippen molar-refractivity contribution in [1.29, 1.82) is 0 Å². The second-order valence-electron chi connectivity index (χ2n) is 4.31. The van der Waals surface area contributed by atoms with Gasteiger partial charge in [-0.2, -0.15) is 11.8 Å². The van der Waals surface area contributed by atoms with Gasteiger partial charge in [-0.25, -0.2) is 4.98 Å². The highest BCUT2D eigenvalue weighted by atomic mass is 32.2. The van der Waals surface area contributed by atoms with Crippen molar-refractivity contribution in [2.24, 2.45) is 0 Å². The number of anilines is 1. The number of imidazole rings is 1. The van der Waals surface area contributed by atoms with Crippen LogP contribution in [0.1, 0.15) is 26.5 Å². The summed E-state index contributed by atoms with van der Waals surface area (Å²) in [6.07, 6.45) is 4.22. The molecule has 1 N–H and O–H groups in total. The van der Waals surface area contributed by atoms with Crippen molar-refractivity contribution in [3.8, 4) is 0 Å². The Morgan fingerprint density at radius 2 is 2.20 bits per heavy atom. The normalized spacial score (nSPS) is 11.8. The molecule has 0 fully saturated rings. The van der Waals surface area contributed by atoms with Crippen LogP contribution in [-0.4, -0.2) is 27.1 Å². The van der Waals surface area contributed by atoms with Crippen LogP contribution in [0.4, 0.5) is 5.95 Å². The van der Waals surface area contributed by atoms with Crippen LogP contribution < -0.4 is 5.32 Å². The molecule has 0 saturated carbocycles. The fraction of sp³-hybridized carbons (Fsp3) is 0.727. The predicted molar refractivity (Wildman–Crippen MR) is 68.7 cm³/mol. The molecule has 0 bridgehead atoms. The maximum atomic E-state index is 4.46. The molecule has 0 aliphatic heterocycles. The lowest BCUT2D eigenvalue weighted by Gasteiger charge is -2.22. The van der Waals surface area contributed by atoms with E-state index in [1.165, 1.54) is 0 Å². The van der Waals surface area contributed by atoms with Gasteiger partial charge in [0.05, 0.1) is 5.69 Å². The maximum absolute atomic E-state index is 4.46. The molecule has 3 nitrogen and oxygen atoms in total. The highest BCUT2D eigenvalue weighted by molar-refractivity contribution is 7.99. The molecular weight excluding hydrogens is 206 g/mol. The number of aryl methyl sites for hydroxylation is 2. The third-order valence-corrected chi connectivity index (χ3v) is 3.71.